The second kappa shape index (κ2) is 9.46. The number of piperazine rings is 1. The first-order valence-corrected chi connectivity index (χ1v) is 9.70. The summed E-state index contributed by atoms with van der Waals surface area (Å²) >= 11 is 6.26. The molecule has 0 bridgehead atoms. The van der Waals surface area contributed by atoms with Crippen LogP contribution in [-0.4, -0.2) is 50.5 Å². The van der Waals surface area contributed by atoms with Gasteiger partial charge >= 0.3 is 0 Å². The van der Waals surface area contributed by atoms with E-state index in [1.807, 2.05) is 36.2 Å². The lowest BCUT2D eigenvalue weighted by molar-refractivity contribution is -0.120. The molecule has 1 aliphatic heterocycles. The summed E-state index contributed by atoms with van der Waals surface area (Å²) in [7, 11) is 3.76. The number of halogens is 1. The minimum absolute atomic E-state index is 0.0716. The van der Waals surface area contributed by atoms with Gasteiger partial charge in [-0.3, -0.25) is 9.79 Å². The molecule has 0 unspecified atom stereocenters. The summed E-state index contributed by atoms with van der Waals surface area (Å²) in [5.74, 6) is 0.874. The van der Waals surface area contributed by atoms with Gasteiger partial charge in [-0.1, -0.05) is 41.9 Å². The van der Waals surface area contributed by atoms with E-state index in [-0.39, 0.29) is 5.91 Å². The van der Waals surface area contributed by atoms with Crippen molar-refractivity contribution in [3.8, 4) is 0 Å². The second-order valence-corrected chi connectivity index (χ2v) is 7.19. The molecule has 28 heavy (non-hydrogen) atoms. The molecule has 0 atom stereocenters. The quantitative estimate of drug-likeness (QED) is 0.599. The van der Waals surface area contributed by atoms with Crippen molar-refractivity contribution < 1.29 is 4.79 Å². The molecule has 1 saturated heterocycles. The number of rotatable bonds is 5. The third kappa shape index (κ3) is 5.16. The first kappa shape index (κ1) is 20.0. The van der Waals surface area contributed by atoms with Crippen LogP contribution in [0, 0.1) is 0 Å². The van der Waals surface area contributed by atoms with Crippen LogP contribution in [0.25, 0.3) is 0 Å². The molecule has 1 heterocycles. The Morgan fingerprint density at radius 2 is 2.00 bits per heavy atom. The Balaban J connectivity index is 1.56. The molecular formula is C21H26ClN5O. The zero-order valence-corrected chi connectivity index (χ0v) is 17.0. The summed E-state index contributed by atoms with van der Waals surface area (Å²) in [4.78, 5) is 20.0. The molecule has 0 aliphatic carbocycles. The Bertz CT molecular complexity index is 837. The van der Waals surface area contributed by atoms with Gasteiger partial charge in [0.2, 0.25) is 5.91 Å². The van der Waals surface area contributed by atoms with Crippen LogP contribution in [0.3, 0.4) is 0 Å². The SMILES string of the molecule is CN=C(NCc1ccc(N2CCNC(=O)C2)cc1)N(C)Cc1ccccc1Cl. The number of nitrogens with zero attached hydrogens (tertiary/aromatic N) is 3. The second-order valence-electron chi connectivity index (χ2n) is 6.79. The highest BCUT2D eigenvalue weighted by molar-refractivity contribution is 6.31. The summed E-state index contributed by atoms with van der Waals surface area (Å²) < 4.78 is 0. The molecule has 0 aromatic heterocycles. The summed E-state index contributed by atoms with van der Waals surface area (Å²) in [5, 5.41) is 6.99. The Morgan fingerprint density at radius 1 is 1.25 bits per heavy atom. The lowest BCUT2D eigenvalue weighted by atomic mass is 10.2. The van der Waals surface area contributed by atoms with Gasteiger partial charge in [-0.15, -0.1) is 0 Å². The minimum atomic E-state index is 0.0716. The zero-order valence-electron chi connectivity index (χ0n) is 16.3. The molecule has 7 heteroatoms. The Morgan fingerprint density at radius 3 is 2.68 bits per heavy atom. The summed E-state index contributed by atoms with van der Waals surface area (Å²) in [5.41, 5.74) is 3.28. The van der Waals surface area contributed by atoms with Gasteiger partial charge in [-0.25, -0.2) is 0 Å². The lowest BCUT2D eigenvalue weighted by Crippen LogP contribution is -2.47. The number of guanidine groups is 1. The first-order valence-electron chi connectivity index (χ1n) is 9.32. The number of benzene rings is 2. The summed E-state index contributed by atoms with van der Waals surface area (Å²) in [6.45, 7) is 3.28. The number of hydrogen-bond donors (Lipinski definition) is 2. The third-order valence-corrected chi connectivity index (χ3v) is 5.10. The minimum Gasteiger partial charge on any atom is -0.360 e. The first-order chi connectivity index (χ1) is 13.6. The van der Waals surface area contributed by atoms with Crippen molar-refractivity contribution in [3.05, 3.63) is 64.7 Å². The van der Waals surface area contributed by atoms with Gasteiger partial charge in [0.1, 0.15) is 0 Å². The van der Waals surface area contributed by atoms with Crippen molar-refractivity contribution in [3.63, 3.8) is 0 Å². The fraction of sp³-hybridized carbons (Fsp3) is 0.333. The van der Waals surface area contributed by atoms with E-state index in [9.17, 15) is 4.79 Å². The molecule has 3 rings (SSSR count). The van der Waals surface area contributed by atoms with Crippen LogP contribution in [0.5, 0.6) is 0 Å². The van der Waals surface area contributed by atoms with Crippen LogP contribution >= 0.6 is 11.6 Å². The van der Waals surface area contributed by atoms with Gasteiger partial charge in [0, 0.05) is 51.0 Å². The van der Waals surface area contributed by atoms with Crippen molar-refractivity contribution in [1.82, 2.24) is 15.5 Å². The smallest absolute Gasteiger partial charge is 0.239 e. The number of carbonyl (C=O) groups excluding carboxylic acids is 1. The van der Waals surface area contributed by atoms with Crippen molar-refractivity contribution in [2.45, 2.75) is 13.1 Å². The van der Waals surface area contributed by atoms with Crippen molar-refractivity contribution in [2.75, 3.05) is 38.6 Å². The van der Waals surface area contributed by atoms with Gasteiger partial charge in [0.25, 0.3) is 0 Å². The van der Waals surface area contributed by atoms with Gasteiger partial charge in [0.15, 0.2) is 5.96 Å². The van der Waals surface area contributed by atoms with Gasteiger partial charge in [0.05, 0.1) is 6.54 Å². The van der Waals surface area contributed by atoms with Gasteiger partial charge in [-0.2, -0.15) is 0 Å². The molecule has 6 nitrogen and oxygen atoms in total. The largest absolute Gasteiger partial charge is 0.360 e. The lowest BCUT2D eigenvalue weighted by Gasteiger charge is -2.28. The van der Waals surface area contributed by atoms with E-state index in [2.05, 4.69) is 44.8 Å². The number of amides is 1. The number of nitrogens with one attached hydrogen (secondary N) is 2. The molecule has 1 fully saturated rings. The highest BCUT2D eigenvalue weighted by atomic mass is 35.5. The molecule has 2 aromatic carbocycles. The molecule has 0 spiro atoms. The maximum Gasteiger partial charge on any atom is 0.239 e. The Labute approximate surface area is 171 Å². The number of carbonyl (C=O) groups is 1. The van der Waals surface area contributed by atoms with E-state index in [1.54, 1.807) is 7.05 Å². The van der Waals surface area contributed by atoms with E-state index < -0.39 is 0 Å². The fourth-order valence-electron chi connectivity index (χ4n) is 3.21. The molecule has 0 radical (unpaired) electrons. The Kier molecular flexibility index (Phi) is 6.76. The molecule has 1 amide bonds. The third-order valence-electron chi connectivity index (χ3n) is 4.73. The van der Waals surface area contributed by atoms with E-state index in [4.69, 9.17) is 11.6 Å². The van der Waals surface area contributed by atoms with E-state index >= 15 is 0 Å². The predicted molar refractivity (Wildman–Crippen MR) is 115 cm³/mol. The van der Waals surface area contributed by atoms with Crippen LogP contribution in [0.2, 0.25) is 5.02 Å². The summed E-state index contributed by atoms with van der Waals surface area (Å²) in [6, 6.07) is 16.1. The molecule has 2 N–H and O–H groups in total. The maximum atomic E-state index is 11.6. The van der Waals surface area contributed by atoms with E-state index in [0.29, 0.717) is 26.2 Å². The number of hydrogen-bond acceptors (Lipinski definition) is 3. The molecule has 148 valence electrons. The van der Waals surface area contributed by atoms with Crippen LogP contribution in [0.15, 0.2) is 53.5 Å². The number of aliphatic imine (C=N–C) groups is 1. The van der Waals surface area contributed by atoms with Crippen molar-refractivity contribution >= 4 is 29.2 Å². The van der Waals surface area contributed by atoms with Crippen LogP contribution in [0.4, 0.5) is 5.69 Å². The summed E-state index contributed by atoms with van der Waals surface area (Å²) in [6.07, 6.45) is 0. The Hall–Kier alpha value is -2.73. The van der Waals surface area contributed by atoms with Crippen molar-refractivity contribution in [1.29, 1.82) is 0 Å². The van der Waals surface area contributed by atoms with Crippen LogP contribution < -0.4 is 15.5 Å². The highest BCUT2D eigenvalue weighted by Gasteiger charge is 2.16. The van der Waals surface area contributed by atoms with Gasteiger partial charge in [-0.05, 0) is 29.3 Å². The predicted octanol–water partition coefficient (Wildman–Crippen LogP) is 2.48. The van der Waals surface area contributed by atoms with E-state index in [1.165, 1.54) is 0 Å². The van der Waals surface area contributed by atoms with Crippen LogP contribution in [-0.2, 0) is 17.9 Å². The average molecular weight is 400 g/mol. The molecule has 1 aliphatic rings. The van der Waals surface area contributed by atoms with Crippen molar-refractivity contribution in [2.24, 2.45) is 4.99 Å². The van der Waals surface area contributed by atoms with Crippen LogP contribution in [0.1, 0.15) is 11.1 Å². The van der Waals surface area contributed by atoms with E-state index in [0.717, 1.165) is 34.3 Å². The zero-order chi connectivity index (χ0) is 19.9. The fourth-order valence-corrected chi connectivity index (χ4v) is 3.40. The monoisotopic (exact) mass is 399 g/mol. The maximum absolute atomic E-state index is 11.6. The molecular weight excluding hydrogens is 374 g/mol. The number of anilines is 1. The topological polar surface area (TPSA) is 60.0 Å². The molecule has 2 aromatic rings. The molecule has 0 saturated carbocycles. The van der Waals surface area contributed by atoms with Gasteiger partial charge < -0.3 is 20.4 Å². The standard InChI is InChI=1S/C21H26ClN5O/c1-23-21(26(2)14-17-5-3-4-6-19(17)22)25-13-16-7-9-18(10-8-16)27-12-11-24-20(28)15-27/h3-10H,11-15H2,1-2H3,(H,23,25)(H,24,28). The highest BCUT2D eigenvalue weighted by Crippen LogP contribution is 2.17. The normalized spacial score (nSPS) is 14.6. The average Bonchev–Trinajstić information content (AvgIpc) is 2.71.